The van der Waals surface area contributed by atoms with Gasteiger partial charge in [0.05, 0.1) is 12.5 Å². The van der Waals surface area contributed by atoms with E-state index in [1.807, 2.05) is 31.3 Å². The van der Waals surface area contributed by atoms with E-state index in [2.05, 4.69) is 15.9 Å². The van der Waals surface area contributed by atoms with Crippen LogP contribution < -0.4 is 0 Å². The molecule has 1 amide bonds. The van der Waals surface area contributed by atoms with Crippen molar-refractivity contribution in [3.63, 3.8) is 0 Å². The zero-order valence-electron chi connectivity index (χ0n) is 9.86. The lowest BCUT2D eigenvalue weighted by Crippen LogP contribution is -2.32. The van der Waals surface area contributed by atoms with E-state index in [9.17, 15) is 4.79 Å². The van der Waals surface area contributed by atoms with Crippen molar-refractivity contribution < 1.29 is 9.53 Å². The molecule has 1 saturated heterocycles. The van der Waals surface area contributed by atoms with Crippen LogP contribution in [-0.2, 0) is 16.1 Å². The van der Waals surface area contributed by atoms with Crippen molar-refractivity contribution in [2.75, 3.05) is 20.3 Å². The number of nitrogens with zero attached hydrogens (tertiary/aromatic N) is 1. The molecule has 0 N–H and O–H groups in total. The molecule has 4 heteroatoms. The largest absolute Gasteiger partial charge is 0.381 e. The standard InChI is InChI=1S/C13H16BrNO2/c1-15(13(16)11-5-6-17-9-11)8-10-3-2-4-12(14)7-10/h2-4,7,11H,5-6,8-9H2,1H3. The highest BCUT2D eigenvalue weighted by Gasteiger charge is 2.26. The number of halogens is 1. The molecule has 1 aromatic rings. The Balaban J connectivity index is 1.96. The lowest BCUT2D eigenvalue weighted by atomic mass is 10.1. The Labute approximate surface area is 110 Å². The molecule has 0 radical (unpaired) electrons. The molecule has 1 heterocycles. The van der Waals surface area contributed by atoms with Crippen LogP contribution in [-0.4, -0.2) is 31.1 Å². The Morgan fingerprint density at radius 2 is 2.41 bits per heavy atom. The van der Waals surface area contributed by atoms with Crippen LogP contribution in [0.4, 0.5) is 0 Å². The fraction of sp³-hybridized carbons (Fsp3) is 0.462. The van der Waals surface area contributed by atoms with E-state index in [-0.39, 0.29) is 11.8 Å². The average molecular weight is 298 g/mol. The first-order valence-corrected chi connectivity index (χ1v) is 6.53. The van der Waals surface area contributed by atoms with Crippen molar-refractivity contribution >= 4 is 21.8 Å². The van der Waals surface area contributed by atoms with Gasteiger partial charge in [-0.3, -0.25) is 4.79 Å². The number of rotatable bonds is 3. The maximum atomic E-state index is 12.1. The summed E-state index contributed by atoms with van der Waals surface area (Å²) in [5, 5.41) is 0. The van der Waals surface area contributed by atoms with Gasteiger partial charge in [0.2, 0.25) is 5.91 Å². The second-order valence-corrected chi connectivity index (χ2v) is 5.30. The minimum absolute atomic E-state index is 0.0483. The average Bonchev–Trinajstić information content (AvgIpc) is 2.81. The van der Waals surface area contributed by atoms with Crippen molar-refractivity contribution in [2.45, 2.75) is 13.0 Å². The van der Waals surface area contributed by atoms with Crippen molar-refractivity contribution in [1.82, 2.24) is 4.90 Å². The van der Waals surface area contributed by atoms with Crippen LogP contribution in [0.1, 0.15) is 12.0 Å². The van der Waals surface area contributed by atoms with Gasteiger partial charge in [-0.2, -0.15) is 0 Å². The highest BCUT2D eigenvalue weighted by Crippen LogP contribution is 2.17. The summed E-state index contributed by atoms with van der Waals surface area (Å²) in [6.45, 7) is 1.93. The molecule has 92 valence electrons. The first-order valence-electron chi connectivity index (χ1n) is 5.74. The summed E-state index contributed by atoms with van der Waals surface area (Å²) in [6, 6.07) is 8.03. The summed E-state index contributed by atoms with van der Waals surface area (Å²) >= 11 is 3.43. The van der Waals surface area contributed by atoms with Gasteiger partial charge in [0, 0.05) is 24.7 Å². The number of carbonyl (C=O) groups is 1. The van der Waals surface area contributed by atoms with E-state index in [1.165, 1.54) is 0 Å². The predicted octanol–water partition coefficient (Wildman–Crippen LogP) is 2.44. The molecule has 0 bridgehead atoms. The molecule has 1 atom stereocenters. The van der Waals surface area contributed by atoms with Gasteiger partial charge in [-0.1, -0.05) is 28.1 Å². The number of benzene rings is 1. The molecule has 2 rings (SSSR count). The van der Waals surface area contributed by atoms with E-state index in [1.54, 1.807) is 4.90 Å². The van der Waals surface area contributed by atoms with Crippen LogP contribution in [0.25, 0.3) is 0 Å². The SMILES string of the molecule is CN(Cc1cccc(Br)c1)C(=O)C1CCOC1. The summed E-state index contributed by atoms with van der Waals surface area (Å²) in [5.41, 5.74) is 1.13. The van der Waals surface area contributed by atoms with Crippen LogP contribution in [0.3, 0.4) is 0 Å². The Kier molecular flexibility index (Phi) is 4.18. The van der Waals surface area contributed by atoms with E-state index < -0.39 is 0 Å². The molecule has 0 aliphatic carbocycles. The molecule has 1 unspecified atom stereocenters. The van der Waals surface area contributed by atoms with Crippen molar-refractivity contribution in [3.05, 3.63) is 34.3 Å². The van der Waals surface area contributed by atoms with E-state index >= 15 is 0 Å². The van der Waals surface area contributed by atoms with Crippen LogP contribution in [0, 0.1) is 5.92 Å². The zero-order chi connectivity index (χ0) is 12.3. The monoisotopic (exact) mass is 297 g/mol. The highest BCUT2D eigenvalue weighted by atomic mass is 79.9. The highest BCUT2D eigenvalue weighted by molar-refractivity contribution is 9.10. The zero-order valence-corrected chi connectivity index (χ0v) is 11.4. The molecule has 1 fully saturated rings. The molecular formula is C13H16BrNO2. The van der Waals surface area contributed by atoms with E-state index in [0.29, 0.717) is 19.8 Å². The minimum Gasteiger partial charge on any atom is -0.381 e. The first kappa shape index (κ1) is 12.6. The summed E-state index contributed by atoms with van der Waals surface area (Å²) in [4.78, 5) is 13.8. The Bertz CT molecular complexity index is 402. The normalized spacial score (nSPS) is 19.3. The Morgan fingerprint density at radius 3 is 3.06 bits per heavy atom. The van der Waals surface area contributed by atoms with Gasteiger partial charge in [-0.05, 0) is 24.1 Å². The lowest BCUT2D eigenvalue weighted by Gasteiger charge is -2.20. The maximum Gasteiger partial charge on any atom is 0.228 e. The van der Waals surface area contributed by atoms with Gasteiger partial charge in [-0.15, -0.1) is 0 Å². The summed E-state index contributed by atoms with van der Waals surface area (Å²) in [5.74, 6) is 0.231. The van der Waals surface area contributed by atoms with Gasteiger partial charge in [0.15, 0.2) is 0 Å². The van der Waals surface area contributed by atoms with Crippen molar-refractivity contribution in [2.24, 2.45) is 5.92 Å². The fourth-order valence-electron chi connectivity index (χ4n) is 2.03. The third-order valence-electron chi connectivity index (χ3n) is 2.96. The van der Waals surface area contributed by atoms with Gasteiger partial charge >= 0.3 is 0 Å². The Morgan fingerprint density at radius 1 is 1.59 bits per heavy atom. The molecule has 1 aromatic carbocycles. The number of hydrogen-bond donors (Lipinski definition) is 0. The van der Waals surface area contributed by atoms with Crippen molar-refractivity contribution in [1.29, 1.82) is 0 Å². The van der Waals surface area contributed by atoms with Crippen LogP contribution in [0.2, 0.25) is 0 Å². The van der Waals surface area contributed by atoms with Gasteiger partial charge in [0.25, 0.3) is 0 Å². The van der Waals surface area contributed by atoms with E-state index in [4.69, 9.17) is 4.74 Å². The number of carbonyl (C=O) groups excluding carboxylic acids is 1. The lowest BCUT2D eigenvalue weighted by molar-refractivity contribution is -0.134. The summed E-state index contributed by atoms with van der Waals surface area (Å²) in [7, 11) is 1.85. The third kappa shape index (κ3) is 3.30. The molecule has 0 saturated carbocycles. The molecule has 3 nitrogen and oxygen atoms in total. The van der Waals surface area contributed by atoms with Crippen molar-refractivity contribution in [3.8, 4) is 0 Å². The second-order valence-electron chi connectivity index (χ2n) is 4.38. The number of hydrogen-bond acceptors (Lipinski definition) is 2. The molecule has 0 spiro atoms. The van der Waals surface area contributed by atoms with Gasteiger partial charge in [0.1, 0.15) is 0 Å². The Hall–Kier alpha value is -0.870. The molecule has 17 heavy (non-hydrogen) atoms. The fourth-order valence-corrected chi connectivity index (χ4v) is 2.47. The van der Waals surface area contributed by atoms with Crippen LogP contribution in [0.5, 0.6) is 0 Å². The second kappa shape index (κ2) is 5.65. The summed E-state index contributed by atoms with van der Waals surface area (Å²) in [6.07, 6.45) is 0.849. The summed E-state index contributed by atoms with van der Waals surface area (Å²) < 4.78 is 6.28. The maximum absolute atomic E-state index is 12.1. The smallest absolute Gasteiger partial charge is 0.228 e. The molecule has 1 aliphatic rings. The van der Waals surface area contributed by atoms with Gasteiger partial charge in [-0.25, -0.2) is 0 Å². The first-order chi connectivity index (χ1) is 8.16. The molecular weight excluding hydrogens is 282 g/mol. The number of amides is 1. The number of ether oxygens (including phenoxy) is 1. The van der Waals surface area contributed by atoms with E-state index in [0.717, 1.165) is 16.5 Å². The van der Waals surface area contributed by atoms with Crippen LogP contribution in [0.15, 0.2) is 28.7 Å². The molecule has 1 aliphatic heterocycles. The topological polar surface area (TPSA) is 29.5 Å². The minimum atomic E-state index is 0.0483. The third-order valence-corrected chi connectivity index (χ3v) is 3.46. The quantitative estimate of drug-likeness (QED) is 0.858. The molecule has 0 aromatic heterocycles. The van der Waals surface area contributed by atoms with Gasteiger partial charge < -0.3 is 9.64 Å². The predicted molar refractivity (Wildman–Crippen MR) is 69.5 cm³/mol. The van der Waals surface area contributed by atoms with Crippen LogP contribution >= 0.6 is 15.9 Å².